The van der Waals surface area contributed by atoms with Gasteiger partial charge in [-0.1, -0.05) is 17.3 Å². The number of rotatable bonds is 5. The molecule has 3 heterocycles. The molecule has 0 bridgehead atoms. The Morgan fingerprint density at radius 3 is 2.96 bits per heavy atom. The van der Waals surface area contributed by atoms with E-state index in [1.807, 2.05) is 41.9 Å². The van der Waals surface area contributed by atoms with Crippen molar-refractivity contribution in [1.29, 1.82) is 0 Å². The third kappa shape index (κ3) is 2.91. The Kier molecular flexibility index (Phi) is 3.81. The van der Waals surface area contributed by atoms with Crippen LogP contribution in [0.4, 0.5) is 0 Å². The lowest BCUT2D eigenvalue weighted by atomic mass is 10.3. The first-order chi connectivity index (χ1) is 12.2. The molecule has 4 aromatic rings. The molecule has 9 heteroatoms. The number of para-hydroxylation sites is 1. The lowest BCUT2D eigenvalue weighted by molar-refractivity contribution is 0.0941. The summed E-state index contributed by atoms with van der Waals surface area (Å²) >= 11 is 0. The second-order valence-electron chi connectivity index (χ2n) is 5.67. The minimum absolute atomic E-state index is 0.230. The van der Waals surface area contributed by atoms with E-state index in [-0.39, 0.29) is 11.7 Å². The van der Waals surface area contributed by atoms with Gasteiger partial charge in [-0.2, -0.15) is 0 Å². The van der Waals surface area contributed by atoms with Crippen molar-refractivity contribution < 1.29 is 4.79 Å². The number of hydrogen-bond donors (Lipinski definition) is 1. The molecule has 4 rings (SSSR count). The van der Waals surface area contributed by atoms with Crippen LogP contribution < -0.4 is 5.32 Å². The molecule has 126 valence electrons. The van der Waals surface area contributed by atoms with Gasteiger partial charge < -0.3 is 5.32 Å². The van der Waals surface area contributed by atoms with Gasteiger partial charge in [-0.05, 0) is 31.5 Å². The van der Waals surface area contributed by atoms with Gasteiger partial charge >= 0.3 is 0 Å². The SMILES string of the molecule is Cc1ccn2c(C(=O)NCCCn3nnc4ccccc43)nnc2n1. The first-order valence-corrected chi connectivity index (χ1v) is 7.97. The van der Waals surface area contributed by atoms with E-state index in [2.05, 4.69) is 30.8 Å². The van der Waals surface area contributed by atoms with E-state index in [4.69, 9.17) is 0 Å². The summed E-state index contributed by atoms with van der Waals surface area (Å²) in [5.74, 6) is 0.370. The molecule has 0 aliphatic carbocycles. The first-order valence-electron chi connectivity index (χ1n) is 7.97. The monoisotopic (exact) mass is 336 g/mol. The number of nitrogens with zero attached hydrogens (tertiary/aromatic N) is 7. The molecule has 25 heavy (non-hydrogen) atoms. The van der Waals surface area contributed by atoms with Gasteiger partial charge in [-0.3, -0.25) is 9.20 Å². The summed E-state index contributed by atoms with van der Waals surface area (Å²) in [6.45, 7) is 3.03. The predicted octanol–water partition coefficient (Wildman–Crippen LogP) is 0.998. The molecular formula is C16H16N8O. The molecular weight excluding hydrogens is 320 g/mol. The Morgan fingerprint density at radius 1 is 1.16 bits per heavy atom. The van der Waals surface area contributed by atoms with Crippen LogP contribution in [0.2, 0.25) is 0 Å². The Balaban J connectivity index is 1.37. The zero-order valence-electron chi connectivity index (χ0n) is 13.6. The van der Waals surface area contributed by atoms with E-state index < -0.39 is 0 Å². The van der Waals surface area contributed by atoms with Crippen LogP contribution in [0, 0.1) is 6.92 Å². The highest BCUT2D eigenvalue weighted by atomic mass is 16.2. The van der Waals surface area contributed by atoms with Gasteiger partial charge in [-0.15, -0.1) is 15.3 Å². The Bertz CT molecular complexity index is 1050. The summed E-state index contributed by atoms with van der Waals surface area (Å²) in [5.41, 5.74) is 2.68. The fraction of sp³-hybridized carbons (Fsp3) is 0.250. The maximum Gasteiger partial charge on any atom is 0.289 e. The van der Waals surface area contributed by atoms with Gasteiger partial charge in [0.05, 0.1) is 5.52 Å². The molecule has 0 aliphatic rings. The van der Waals surface area contributed by atoms with Gasteiger partial charge in [-0.25, -0.2) is 9.67 Å². The number of hydrogen-bond acceptors (Lipinski definition) is 6. The molecule has 0 saturated carbocycles. The first kappa shape index (κ1) is 15.2. The maximum atomic E-state index is 12.3. The van der Waals surface area contributed by atoms with Crippen LogP contribution in [0.1, 0.15) is 22.7 Å². The molecule has 1 amide bonds. The highest BCUT2D eigenvalue weighted by Gasteiger charge is 2.14. The molecule has 9 nitrogen and oxygen atoms in total. The maximum absolute atomic E-state index is 12.3. The van der Waals surface area contributed by atoms with E-state index in [9.17, 15) is 4.79 Å². The minimum atomic E-state index is -0.276. The van der Waals surface area contributed by atoms with Crippen molar-refractivity contribution in [2.45, 2.75) is 19.9 Å². The third-order valence-electron chi connectivity index (χ3n) is 3.87. The summed E-state index contributed by atoms with van der Waals surface area (Å²) in [7, 11) is 0. The number of aromatic nitrogens is 7. The van der Waals surface area contributed by atoms with Gasteiger partial charge in [0.25, 0.3) is 11.7 Å². The van der Waals surface area contributed by atoms with E-state index in [0.717, 1.165) is 23.1 Å². The second kappa shape index (κ2) is 6.27. The van der Waals surface area contributed by atoms with Crippen LogP contribution in [0.5, 0.6) is 0 Å². The molecule has 1 aromatic carbocycles. The molecule has 0 atom stereocenters. The van der Waals surface area contributed by atoms with Crippen molar-refractivity contribution in [2.24, 2.45) is 0 Å². The van der Waals surface area contributed by atoms with E-state index >= 15 is 0 Å². The van der Waals surface area contributed by atoms with Crippen LogP contribution in [0.15, 0.2) is 36.5 Å². The fourth-order valence-corrected chi connectivity index (χ4v) is 2.62. The number of carbonyl (C=O) groups excluding carboxylic acids is 1. The van der Waals surface area contributed by atoms with Gasteiger partial charge in [0, 0.05) is 25.0 Å². The zero-order chi connectivity index (χ0) is 17.2. The Labute approximate surface area is 142 Å². The van der Waals surface area contributed by atoms with E-state index in [0.29, 0.717) is 18.9 Å². The number of nitrogens with one attached hydrogen (secondary N) is 1. The molecule has 0 fully saturated rings. The zero-order valence-corrected chi connectivity index (χ0v) is 13.6. The fourth-order valence-electron chi connectivity index (χ4n) is 2.62. The van der Waals surface area contributed by atoms with Gasteiger partial charge in [0.2, 0.25) is 5.82 Å². The summed E-state index contributed by atoms with van der Waals surface area (Å²) in [4.78, 5) is 16.5. The van der Waals surface area contributed by atoms with Crippen LogP contribution in [-0.4, -0.2) is 47.0 Å². The Morgan fingerprint density at radius 2 is 2.04 bits per heavy atom. The molecule has 0 radical (unpaired) electrons. The standard InChI is InChI=1S/C16H16N8O/c1-11-7-10-23-14(20-21-16(23)18-11)15(25)17-8-4-9-24-13-6-3-2-5-12(13)19-22-24/h2-3,5-7,10H,4,8-9H2,1H3,(H,17,25). The number of fused-ring (bicyclic) bond motifs is 2. The van der Waals surface area contributed by atoms with Gasteiger partial charge in [0.15, 0.2) is 0 Å². The highest BCUT2D eigenvalue weighted by molar-refractivity contribution is 5.91. The van der Waals surface area contributed by atoms with Crippen LogP contribution in [-0.2, 0) is 6.54 Å². The average Bonchev–Trinajstić information content (AvgIpc) is 3.22. The van der Waals surface area contributed by atoms with Crippen molar-refractivity contribution in [3.05, 3.63) is 48.0 Å². The molecule has 0 unspecified atom stereocenters. The van der Waals surface area contributed by atoms with Crippen molar-refractivity contribution in [3.8, 4) is 0 Å². The lowest BCUT2D eigenvalue weighted by Crippen LogP contribution is -2.27. The Hall–Kier alpha value is -3.36. The lowest BCUT2D eigenvalue weighted by Gasteiger charge is -2.05. The summed E-state index contributed by atoms with van der Waals surface area (Å²) in [6, 6.07) is 9.60. The normalized spacial score (nSPS) is 11.2. The van der Waals surface area contributed by atoms with Gasteiger partial charge in [0.1, 0.15) is 5.52 Å². The van der Waals surface area contributed by atoms with E-state index in [1.54, 1.807) is 10.6 Å². The largest absolute Gasteiger partial charge is 0.349 e. The van der Waals surface area contributed by atoms with Crippen molar-refractivity contribution in [1.82, 2.24) is 39.9 Å². The third-order valence-corrected chi connectivity index (χ3v) is 3.87. The van der Waals surface area contributed by atoms with Crippen molar-refractivity contribution in [3.63, 3.8) is 0 Å². The second-order valence-corrected chi connectivity index (χ2v) is 5.67. The molecule has 3 aromatic heterocycles. The summed E-state index contributed by atoms with van der Waals surface area (Å²) < 4.78 is 3.41. The molecule has 0 aliphatic heterocycles. The number of amides is 1. The molecule has 0 spiro atoms. The average molecular weight is 336 g/mol. The topological polar surface area (TPSA) is 103 Å². The molecule has 1 N–H and O–H groups in total. The predicted molar refractivity (Wildman–Crippen MR) is 90.0 cm³/mol. The summed E-state index contributed by atoms with van der Waals surface area (Å²) in [6.07, 6.45) is 2.47. The quantitative estimate of drug-likeness (QED) is 0.545. The van der Waals surface area contributed by atoms with E-state index in [1.165, 1.54) is 0 Å². The minimum Gasteiger partial charge on any atom is -0.349 e. The number of benzene rings is 1. The summed E-state index contributed by atoms with van der Waals surface area (Å²) in [5, 5.41) is 18.9. The van der Waals surface area contributed by atoms with Crippen molar-refractivity contribution >= 4 is 22.7 Å². The van der Waals surface area contributed by atoms with Crippen LogP contribution in [0.25, 0.3) is 16.8 Å². The van der Waals surface area contributed by atoms with Crippen LogP contribution >= 0.6 is 0 Å². The highest BCUT2D eigenvalue weighted by Crippen LogP contribution is 2.09. The van der Waals surface area contributed by atoms with Crippen molar-refractivity contribution in [2.75, 3.05) is 6.54 Å². The number of carbonyl (C=O) groups is 1. The number of aryl methyl sites for hydroxylation is 2. The molecule has 0 saturated heterocycles. The van der Waals surface area contributed by atoms with Crippen LogP contribution in [0.3, 0.4) is 0 Å². The smallest absolute Gasteiger partial charge is 0.289 e.